The number of hydrogen-bond donors (Lipinski definition) is 4. The maximum atomic E-state index is 12.6. The van der Waals surface area contributed by atoms with Gasteiger partial charge in [-0.1, -0.05) is 23.7 Å². The van der Waals surface area contributed by atoms with Crippen LogP contribution < -0.4 is 10.6 Å². The number of aromatic hydroxyl groups is 1. The summed E-state index contributed by atoms with van der Waals surface area (Å²) < 4.78 is 1.78. The minimum atomic E-state index is -1.16. The van der Waals surface area contributed by atoms with E-state index in [1.54, 1.807) is 47.3 Å². The summed E-state index contributed by atoms with van der Waals surface area (Å²) in [6.45, 7) is -0.368. The summed E-state index contributed by atoms with van der Waals surface area (Å²) in [4.78, 5) is 24.9. The van der Waals surface area contributed by atoms with Crippen molar-refractivity contribution in [3.63, 3.8) is 0 Å². The van der Waals surface area contributed by atoms with Crippen molar-refractivity contribution in [2.75, 3.05) is 6.61 Å². The lowest BCUT2D eigenvalue weighted by Gasteiger charge is -2.17. The third-order valence-corrected chi connectivity index (χ3v) is 4.56. The Morgan fingerprint density at radius 1 is 1.07 bits per heavy atom. The maximum absolute atomic E-state index is 12.6. The normalized spacial score (nSPS) is 11.7. The van der Waals surface area contributed by atoms with E-state index < -0.39 is 24.5 Å². The van der Waals surface area contributed by atoms with Crippen LogP contribution >= 0.6 is 11.6 Å². The Balaban J connectivity index is 1.66. The summed E-state index contributed by atoms with van der Waals surface area (Å²) in [5.41, 5.74) is 1.49. The summed E-state index contributed by atoms with van der Waals surface area (Å²) in [6.07, 6.45) is 3.60. The van der Waals surface area contributed by atoms with Gasteiger partial charge in [-0.25, -0.2) is 0 Å². The van der Waals surface area contributed by atoms with Gasteiger partial charge in [0.15, 0.2) is 0 Å². The van der Waals surface area contributed by atoms with Gasteiger partial charge in [-0.15, -0.1) is 0 Å². The fraction of sp³-hybridized carbons (Fsp3) is 0.143. The average Bonchev–Trinajstić information content (AvgIpc) is 3.26. The molecule has 0 saturated heterocycles. The molecule has 1 atom stereocenters. The molecule has 0 bridgehead atoms. The Kier molecular flexibility index (Phi) is 6.54. The Labute approximate surface area is 172 Å². The van der Waals surface area contributed by atoms with E-state index in [4.69, 9.17) is 11.6 Å². The number of nitrogens with zero attached hydrogens (tertiary/aromatic N) is 1. The molecule has 0 radical (unpaired) electrons. The van der Waals surface area contributed by atoms with Gasteiger partial charge in [-0.3, -0.25) is 9.59 Å². The lowest BCUT2D eigenvalue weighted by Crippen LogP contribution is -2.48. The smallest absolute Gasteiger partial charge is 0.255 e. The first kappa shape index (κ1) is 20.4. The first-order valence-electron chi connectivity index (χ1n) is 8.88. The Hall–Kier alpha value is -3.29. The van der Waals surface area contributed by atoms with Gasteiger partial charge in [0.25, 0.3) is 5.91 Å². The number of phenolic OH excluding ortho intramolecular Hbond substituents is 1. The van der Waals surface area contributed by atoms with Crippen molar-refractivity contribution in [3.05, 3.63) is 83.1 Å². The number of aliphatic hydroxyl groups is 1. The highest BCUT2D eigenvalue weighted by Gasteiger charge is 2.22. The lowest BCUT2D eigenvalue weighted by molar-refractivity contribution is -0.124. The lowest BCUT2D eigenvalue weighted by atomic mass is 10.1. The van der Waals surface area contributed by atoms with Crippen molar-refractivity contribution in [2.45, 2.75) is 12.6 Å². The fourth-order valence-electron chi connectivity index (χ4n) is 2.72. The van der Waals surface area contributed by atoms with Crippen LogP contribution in [0.1, 0.15) is 15.9 Å². The second-order valence-electron chi connectivity index (χ2n) is 6.34. The molecule has 29 heavy (non-hydrogen) atoms. The summed E-state index contributed by atoms with van der Waals surface area (Å²) in [7, 11) is 0. The third-order valence-electron chi connectivity index (χ3n) is 4.31. The van der Waals surface area contributed by atoms with Crippen LogP contribution in [-0.2, 0) is 11.3 Å². The molecule has 2 amide bonds. The zero-order valence-corrected chi connectivity index (χ0v) is 16.1. The number of rotatable bonds is 7. The predicted octanol–water partition coefficient (Wildman–Crippen LogP) is 2.24. The van der Waals surface area contributed by atoms with Crippen molar-refractivity contribution < 1.29 is 19.8 Å². The van der Waals surface area contributed by atoms with Crippen molar-refractivity contribution in [1.29, 1.82) is 0 Å². The molecule has 0 fully saturated rings. The average molecular weight is 414 g/mol. The first-order valence-corrected chi connectivity index (χ1v) is 9.26. The number of halogens is 1. The number of carbonyl (C=O) groups excluding carboxylic acids is 2. The summed E-state index contributed by atoms with van der Waals surface area (Å²) in [5.74, 6) is -1.44. The number of amides is 2. The molecule has 3 rings (SSSR count). The summed E-state index contributed by atoms with van der Waals surface area (Å²) in [6, 6.07) is 14.0. The first-order chi connectivity index (χ1) is 14.0. The topological polar surface area (TPSA) is 104 Å². The van der Waals surface area contributed by atoms with Crippen LogP contribution in [-0.4, -0.2) is 39.2 Å². The molecular formula is C21H20ClN3O4. The molecule has 0 aliphatic carbocycles. The zero-order valence-electron chi connectivity index (χ0n) is 15.4. The van der Waals surface area contributed by atoms with Crippen molar-refractivity contribution in [1.82, 2.24) is 15.2 Å². The van der Waals surface area contributed by atoms with Crippen LogP contribution in [0.25, 0.3) is 5.69 Å². The Morgan fingerprint density at radius 3 is 2.41 bits per heavy atom. The molecule has 1 heterocycles. The minimum Gasteiger partial charge on any atom is -0.507 e. The fourth-order valence-corrected chi connectivity index (χ4v) is 2.84. The number of carbonyl (C=O) groups is 2. The predicted molar refractivity (Wildman–Crippen MR) is 109 cm³/mol. The van der Waals surface area contributed by atoms with Crippen LogP contribution in [0.5, 0.6) is 5.75 Å². The monoisotopic (exact) mass is 413 g/mol. The molecule has 1 aromatic heterocycles. The molecular weight excluding hydrogens is 394 g/mol. The Morgan fingerprint density at radius 2 is 1.76 bits per heavy atom. The van der Waals surface area contributed by atoms with Gasteiger partial charge < -0.3 is 25.4 Å². The second-order valence-corrected chi connectivity index (χ2v) is 6.78. The van der Waals surface area contributed by atoms with E-state index >= 15 is 0 Å². The van der Waals surface area contributed by atoms with E-state index in [1.807, 2.05) is 12.1 Å². The molecule has 4 N–H and O–H groups in total. The van der Waals surface area contributed by atoms with Crippen LogP contribution in [0.3, 0.4) is 0 Å². The van der Waals surface area contributed by atoms with Gasteiger partial charge in [-0.2, -0.15) is 0 Å². The number of aliphatic hydroxyl groups excluding tert-OH is 1. The van der Waals surface area contributed by atoms with Crippen LogP contribution in [0.2, 0.25) is 5.02 Å². The summed E-state index contributed by atoms with van der Waals surface area (Å²) >= 11 is 5.83. The van der Waals surface area contributed by atoms with Crippen LogP contribution in [0.15, 0.2) is 67.0 Å². The SMILES string of the molecule is O=C(NC(CO)C(=O)NCc1ccc(Cl)cc1)c1cc(-n2cccc2)ccc1O. The highest BCUT2D eigenvalue weighted by Crippen LogP contribution is 2.21. The Bertz CT molecular complexity index is 988. The highest BCUT2D eigenvalue weighted by molar-refractivity contribution is 6.30. The molecule has 0 aliphatic rings. The molecule has 7 nitrogen and oxygen atoms in total. The third kappa shape index (κ3) is 5.16. The zero-order chi connectivity index (χ0) is 20.8. The molecule has 0 aliphatic heterocycles. The second kappa shape index (κ2) is 9.27. The van der Waals surface area contributed by atoms with Gasteiger partial charge in [0.05, 0.1) is 12.2 Å². The van der Waals surface area contributed by atoms with E-state index in [-0.39, 0.29) is 17.9 Å². The number of hydrogen-bond acceptors (Lipinski definition) is 4. The number of nitrogens with one attached hydrogen (secondary N) is 2. The molecule has 8 heteroatoms. The maximum Gasteiger partial charge on any atom is 0.255 e. The van der Waals surface area contributed by atoms with E-state index in [9.17, 15) is 19.8 Å². The number of benzene rings is 2. The summed E-state index contributed by atoms with van der Waals surface area (Å²) in [5, 5.41) is 25.3. The van der Waals surface area contributed by atoms with Gasteiger partial charge in [0.2, 0.25) is 5.91 Å². The van der Waals surface area contributed by atoms with E-state index in [1.165, 1.54) is 12.1 Å². The standard InChI is InChI=1S/C21H20ClN3O4/c22-15-5-3-14(4-6-15)12-23-21(29)18(13-26)24-20(28)17-11-16(7-8-19(17)27)25-9-1-2-10-25/h1-11,18,26-27H,12-13H2,(H,23,29)(H,24,28). The molecule has 150 valence electrons. The molecule has 1 unspecified atom stereocenters. The highest BCUT2D eigenvalue weighted by atomic mass is 35.5. The molecule has 3 aromatic rings. The largest absolute Gasteiger partial charge is 0.507 e. The van der Waals surface area contributed by atoms with Crippen molar-refractivity contribution >= 4 is 23.4 Å². The molecule has 2 aromatic carbocycles. The molecule has 0 spiro atoms. The number of aromatic nitrogens is 1. The van der Waals surface area contributed by atoms with Gasteiger partial charge in [0.1, 0.15) is 11.8 Å². The van der Waals surface area contributed by atoms with Gasteiger partial charge >= 0.3 is 0 Å². The van der Waals surface area contributed by atoms with Crippen LogP contribution in [0, 0.1) is 0 Å². The van der Waals surface area contributed by atoms with E-state index in [0.29, 0.717) is 10.7 Å². The quantitative estimate of drug-likeness (QED) is 0.477. The number of phenols is 1. The van der Waals surface area contributed by atoms with E-state index in [2.05, 4.69) is 10.6 Å². The van der Waals surface area contributed by atoms with Gasteiger partial charge in [0, 0.05) is 29.6 Å². The van der Waals surface area contributed by atoms with Crippen molar-refractivity contribution in [3.8, 4) is 11.4 Å². The molecule has 0 saturated carbocycles. The van der Waals surface area contributed by atoms with Crippen LogP contribution in [0.4, 0.5) is 0 Å². The van der Waals surface area contributed by atoms with E-state index in [0.717, 1.165) is 5.56 Å². The van der Waals surface area contributed by atoms with Crippen molar-refractivity contribution in [2.24, 2.45) is 0 Å². The van der Waals surface area contributed by atoms with Gasteiger partial charge in [-0.05, 0) is 48.0 Å². The minimum absolute atomic E-state index is 0.000140.